The van der Waals surface area contributed by atoms with Gasteiger partial charge in [0.2, 0.25) is 0 Å². The van der Waals surface area contributed by atoms with E-state index in [0.29, 0.717) is 11.1 Å². The average Bonchev–Trinajstić information content (AvgIpc) is 2.29. The lowest BCUT2D eigenvalue weighted by Crippen LogP contribution is -2.14. The Morgan fingerprint density at radius 2 is 2.24 bits per heavy atom. The minimum Gasteiger partial charge on any atom is -0.258 e. The van der Waals surface area contributed by atoms with Crippen molar-refractivity contribution in [3.63, 3.8) is 0 Å². The Morgan fingerprint density at radius 3 is 2.82 bits per heavy atom. The van der Waals surface area contributed by atoms with Crippen LogP contribution < -0.4 is 0 Å². The SMILES string of the molecule is CC1(C)CC=C(c2ncccc2[N+](=O)[O-])CC1. The van der Waals surface area contributed by atoms with Gasteiger partial charge in [0.25, 0.3) is 5.69 Å². The first-order chi connectivity index (χ1) is 7.99. The summed E-state index contributed by atoms with van der Waals surface area (Å²) in [6.45, 7) is 4.43. The Balaban J connectivity index is 2.36. The van der Waals surface area contributed by atoms with E-state index in [2.05, 4.69) is 24.9 Å². The third kappa shape index (κ3) is 2.52. The zero-order valence-corrected chi connectivity index (χ0v) is 10.1. The number of pyridine rings is 1. The van der Waals surface area contributed by atoms with Crippen molar-refractivity contribution in [2.24, 2.45) is 5.41 Å². The first-order valence-electron chi connectivity index (χ1n) is 5.78. The van der Waals surface area contributed by atoms with Crippen LogP contribution in [0.5, 0.6) is 0 Å². The van der Waals surface area contributed by atoms with Gasteiger partial charge in [-0.25, -0.2) is 4.98 Å². The van der Waals surface area contributed by atoms with E-state index < -0.39 is 0 Å². The van der Waals surface area contributed by atoms with Crippen LogP contribution >= 0.6 is 0 Å². The Hall–Kier alpha value is -1.71. The highest BCUT2D eigenvalue weighted by Crippen LogP contribution is 2.39. The summed E-state index contributed by atoms with van der Waals surface area (Å²) in [5, 5.41) is 10.9. The van der Waals surface area contributed by atoms with Crippen molar-refractivity contribution in [3.8, 4) is 0 Å². The number of allylic oxidation sites excluding steroid dienone is 2. The Morgan fingerprint density at radius 1 is 1.47 bits per heavy atom. The second-order valence-corrected chi connectivity index (χ2v) is 5.23. The smallest absolute Gasteiger partial charge is 0.258 e. The highest BCUT2D eigenvalue weighted by Gasteiger charge is 2.25. The fourth-order valence-corrected chi connectivity index (χ4v) is 2.08. The van der Waals surface area contributed by atoms with Crippen molar-refractivity contribution >= 4 is 11.3 Å². The van der Waals surface area contributed by atoms with Gasteiger partial charge in [-0.3, -0.25) is 10.1 Å². The number of hydrogen-bond acceptors (Lipinski definition) is 3. The molecule has 17 heavy (non-hydrogen) atoms. The molecule has 0 radical (unpaired) electrons. The van der Waals surface area contributed by atoms with Crippen LogP contribution in [0.1, 0.15) is 38.8 Å². The van der Waals surface area contributed by atoms with E-state index in [1.165, 1.54) is 6.07 Å². The summed E-state index contributed by atoms with van der Waals surface area (Å²) in [4.78, 5) is 14.7. The molecule has 1 aromatic rings. The first-order valence-corrected chi connectivity index (χ1v) is 5.78. The van der Waals surface area contributed by atoms with E-state index in [-0.39, 0.29) is 10.6 Å². The van der Waals surface area contributed by atoms with Crippen LogP contribution in [0.2, 0.25) is 0 Å². The van der Waals surface area contributed by atoms with Crippen molar-refractivity contribution in [2.45, 2.75) is 33.1 Å². The third-order valence-corrected chi connectivity index (χ3v) is 3.26. The Kier molecular flexibility index (Phi) is 2.96. The standard InChI is InChI=1S/C13H16N2O2/c1-13(2)7-5-10(6-8-13)12-11(15(16)17)4-3-9-14-12/h3-5,9H,6-8H2,1-2H3. The summed E-state index contributed by atoms with van der Waals surface area (Å²) in [6.07, 6.45) is 6.58. The molecule has 0 aliphatic heterocycles. The largest absolute Gasteiger partial charge is 0.295 e. The van der Waals surface area contributed by atoms with Crippen LogP contribution in [0, 0.1) is 15.5 Å². The van der Waals surface area contributed by atoms with Crippen LogP contribution in [-0.4, -0.2) is 9.91 Å². The van der Waals surface area contributed by atoms with Gasteiger partial charge < -0.3 is 0 Å². The molecule has 0 aromatic carbocycles. The van der Waals surface area contributed by atoms with E-state index in [0.717, 1.165) is 24.8 Å². The van der Waals surface area contributed by atoms with Gasteiger partial charge in [0.1, 0.15) is 5.69 Å². The van der Waals surface area contributed by atoms with Gasteiger partial charge >= 0.3 is 0 Å². The lowest BCUT2D eigenvalue weighted by atomic mass is 9.77. The summed E-state index contributed by atoms with van der Waals surface area (Å²) in [6, 6.07) is 3.12. The molecule has 0 saturated heterocycles. The molecule has 90 valence electrons. The number of aromatic nitrogens is 1. The minimum atomic E-state index is -0.358. The van der Waals surface area contributed by atoms with E-state index in [1.54, 1.807) is 12.3 Å². The molecule has 0 atom stereocenters. The highest BCUT2D eigenvalue weighted by molar-refractivity contribution is 5.70. The van der Waals surface area contributed by atoms with Gasteiger partial charge in [0.15, 0.2) is 0 Å². The molecule has 0 saturated carbocycles. The van der Waals surface area contributed by atoms with E-state index >= 15 is 0 Å². The molecular formula is C13H16N2O2. The van der Waals surface area contributed by atoms with Crippen LogP contribution in [0.25, 0.3) is 5.57 Å². The van der Waals surface area contributed by atoms with Crippen LogP contribution in [0.4, 0.5) is 5.69 Å². The molecule has 0 fully saturated rings. The minimum absolute atomic E-state index is 0.110. The summed E-state index contributed by atoms with van der Waals surface area (Å²) in [5.74, 6) is 0. The maximum atomic E-state index is 10.9. The van der Waals surface area contributed by atoms with E-state index in [4.69, 9.17) is 0 Å². The average molecular weight is 232 g/mol. The molecule has 1 aliphatic rings. The first kappa shape index (κ1) is 11.8. The molecule has 4 heteroatoms. The summed E-state index contributed by atoms with van der Waals surface area (Å²) in [5.41, 5.74) is 1.95. The molecule has 4 nitrogen and oxygen atoms in total. The molecule has 1 aliphatic carbocycles. The fraction of sp³-hybridized carbons (Fsp3) is 0.462. The van der Waals surface area contributed by atoms with E-state index in [9.17, 15) is 10.1 Å². The maximum absolute atomic E-state index is 10.9. The van der Waals surface area contributed by atoms with Crippen molar-refractivity contribution in [1.29, 1.82) is 0 Å². The van der Waals surface area contributed by atoms with Crippen molar-refractivity contribution in [2.75, 3.05) is 0 Å². The van der Waals surface area contributed by atoms with Crippen molar-refractivity contribution < 1.29 is 4.92 Å². The molecule has 1 aromatic heterocycles. The van der Waals surface area contributed by atoms with E-state index in [1.807, 2.05) is 0 Å². The zero-order chi connectivity index (χ0) is 12.5. The molecule has 2 rings (SSSR count). The second kappa shape index (κ2) is 4.28. The fourth-order valence-electron chi connectivity index (χ4n) is 2.08. The second-order valence-electron chi connectivity index (χ2n) is 5.23. The van der Waals surface area contributed by atoms with Crippen LogP contribution in [0.3, 0.4) is 0 Å². The molecule has 0 amide bonds. The number of nitro groups is 1. The Bertz CT molecular complexity index is 478. The number of nitrogens with zero attached hydrogens (tertiary/aromatic N) is 2. The summed E-state index contributed by atoms with van der Waals surface area (Å²) in [7, 11) is 0. The normalized spacial score (nSPS) is 18.6. The molecule has 1 heterocycles. The highest BCUT2D eigenvalue weighted by atomic mass is 16.6. The van der Waals surface area contributed by atoms with Gasteiger partial charge in [-0.1, -0.05) is 19.9 Å². The van der Waals surface area contributed by atoms with Gasteiger partial charge in [-0.15, -0.1) is 0 Å². The zero-order valence-electron chi connectivity index (χ0n) is 10.1. The topological polar surface area (TPSA) is 56.0 Å². The Labute approximate surface area is 101 Å². The number of hydrogen-bond donors (Lipinski definition) is 0. The molecular weight excluding hydrogens is 216 g/mol. The third-order valence-electron chi connectivity index (χ3n) is 3.26. The van der Waals surface area contributed by atoms with Gasteiger partial charge in [0.05, 0.1) is 4.92 Å². The number of rotatable bonds is 2. The van der Waals surface area contributed by atoms with Crippen molar-refractivity contribution in [3.05, 3.63) is 40.2 Å². The quantitative estimate of drug-likeness (QED) is 0.578. The molecule has 0 unspecified atom stereocenters. The van der Waals surface area contributed by atoms with Crippen molar-refractivity contribution in [1.82, 2.24) is 4.98 Å². The lowest BCUT2D eigenvalue weighted by molar-refractivity contribution is -0.385. The summed E-state index contributed by atoms with van der Waals surface area (Å²) >= 11 is 0. The van der Waals surface area contributed by atoms with Gasteiger partial charge in [-0.05, 0) is 36.3 Å². The molecule has 0 bridgehead atoms. The maximum Gasteiger partial charge on any atom is 0.295 e. The lowest BCUT2D eigenvalue weighted by Gasteiger charge is -2.28. The predicted octanol–water partition coefficient (Wildman–Crippen LogP) is 3.58. The molecule has 0 spiro atoms. The van der Waals surface area contributed by atoms with Crippen LogP contribution in [0.15, 0.2) is 24.4 Å². The van der Waals surface area contributed by atoms with Gasteiger partial charge in [0, 0.05) is 12.3 Å². The summed E-state index contributed by atoms with van der Waals surface area (Å²) < 4.78 is 0. The van der Waals surface area contributed by atoms with Gasteiger partial charge in [-0.2, -0.15) is 0 Å². The molecule has 0 N–H and O–H groups in total. The monoisotopic (exact) mass is 232 g/mol. The van der Waals surface area contributed by atoms with Crippen LogP contribution in [-0.2, 0) is 0 Å². The predicted molar refractivity (Wildman–Crippen MR) is 66.5 cm³/mol.